The Morgan fingerprint density at radius 2 is 2.00 bits per heavy atom. The highest BCUT2D eigenvalue weighted by molar-refractivity contribution is 5.73. The van der Waals surface area contributed by atoms with Gasteiger partial charge in [0, 0.05) is 25.7 Å². The van der Waals surface area contributed by atoms with E-state index in [0.717, 1.165) is 29.2 Å². The van der Waals surface area contributed by atoms with Crippen molar-refractivity contribution in [1.29, 1.82) is 0 Å². The molecule has 3 rings (SSSR count). The smallest absolute Gasteiger partial charge is 0.356 e. The Kier molecular flexibility index (Phi) is 5.21. The van der Waals surface area contributed by atoms with E-state index in [0.29, 0.717) is 25.2 Å². The molecule has 1 aliphatic heterocycles. The standard InChI is InChI=1S/C20H20F3N3O/c1-3-16-6-9-19-18(25-16)10-14(11-24-13(2)27)12-26(19)17-7-4-15(5-8-17)20(21,22)23/h3-9,14H,1,10-12H2,2H3,(H,24,27). The minimum atomic E-state index is -4.37. The lowest BCUT2D eigenvalue weighted by molar-refractivity contribution is -0.137. The molecule has 1 unspecified atom stereocenters. The molecule has 0 spiro atoms. The molecule has 142 valence electrons. The summed E-state index contributed by atoms with van der Waals surface area (Å²) in [6.07, 6.45) is -2.04. The maximum Gasteiger partial charge on any atom is 0.416 e. The molecule has 1 N–H and O–H groups in total. The Labute approximate surface area is 155 Å². The fraction of sp³-hybridized carbons (Fsp3) is 0.300. The van der Waals surface area contributed by atoms with Gasteiger partial charge in [-0.25, -0.2) is 0 Å². The number of rotatable bonds is 4. The number of nitrogens with zero attached hydrogens (tertiary/aromatic N) is 2. The lowest BCUT2D eigenvalue weighted by Gasteiger charge is -2.36. The van der Waals surface area contributed by atoms with Gasteiger partial charge >= 0.3 is 6.18 Å². The summed E-state index contributed by atoms with van der Waals surface area (Å²) >= 11 is 0. The lowest BCUT2D eigenvalue weighted by atomic mass is 9.95. The SMILES string of the molecule is C=Cc1ccc2c(n1)CC(CNC(C)=O)CN2c1ccc(C(F)(F)F)cc1. The van der Waals surface area contributed by atoms with Gasteiger partial charge in [-0.15, -0.1) is 0 Å². The maximum absolute atomic E-state index is 12.8. The molecule has 7 heteroatoms. The van der Waals surface area contributed by atoms with Crippen LogP contribution in [-0.2, 0) is 17.4 Å². The molecular weight excluding hydrogens is 355 g/mol. The van der Waals surface area contributed by atoms with Gasteiger partial charge in [0.1, 0.15) is 0 Å². The van der Waals surface area contributed by atoms with Crippen molar-refractivity contribution in [1.82, 2.24) is 10.3 Å². The number of nitrogens with one attached hydrogen (secondary N) is 1. The summed E-state index contributed by atoms with van der Waals surface area (Å²) in [5, 5.41) is 2.81. The van der Waals surface area contributed by atoms with E-state index in [1.807, 2.05) is 17.0 Å². The van der Waals surface area contributed by atoms with Crippen LogP contribution in [0, 0.1) is 5.92 Å². The van der Waals surface area contributed by atoms with E-state index >= 15 is 0 Å². The summed E-state index contributed by atoms with van der Waals surface area (Å²) < 4.78 is 38.5. The molecule has 0 saturated carbocycles. The molecule has 1 aromatic carbocycles. The highest BCUT2D eigenvalue weighted by Gasteiger charge is 2.31. The zero-order valence-electron chi connectivity index (χ0n) is 14.9. The van der Waals surface area contributed by atoms with E-state index in [2.05, 4.69) is 16.9 Å². The Balaban J connectivity index is 1.95. The molecule has 1 aliphatic rings. The molecule has 1 atom stereocenters. The lowest BCUT2D eigenvalue weighted by Crippen LogP contribution is -2.39. The minimum absolute atomic E-state index is 0.0938. The third-order valence-corrected chi connectivity index (χ3v) is 4.54. The van der Waals surface area contributed by atoms with Crippen molar-refractivity contribution in [2.75, 3.05) is 18.0 Å². The molecule has 1 amide bonds. The van der Waals surface area contributed by atoms with Crippen molar-refractivity contribution in [3.05, 3.63) is 59.9 Å². The van der Waals surface area contributed by atoms with Gasteiger partial charge in [-0.3, -0.25) is 9.78 Å². The van der Waals surface area contributed by atoms with Gasteiger partial charge in [0.15, 0.2) is 0 Å². The fourth-order valence-corrected chi connectivity index (χ4v) is 3.21. The van der Waals surface area contributed by atoms with E-state index in [9.17, 15) is 18.0 Å². The monoisotopic (exact) mass is 375 g/mol. The van der Waals surface area contributed by atoms with Crippen molar-refractivity contribution in [2.45, 2.75) is 19.5 Å². The predicted octanol–water partition coefficient (Wildman–Crippen LogP) is 4.19. The number of benzene rings is 1. The minimum Gasteiger partial charge on any atom is -0.356 e. The van der Waals surface area contributed by atoms with Crippen LogP contribution in [0.2, 0.25) is 0 Å². The summed E-state index contributed by atoms with van der Waals surface area (Å²) in [6.45, 7) is 6.24. The first-order valence-electron chi connectivity index (χ1n) is 8.59. The van der Waals surface area contributed by atoms with Crippen molar-refractivity contribution >= 4 is 23.4 Å². The van der Waals surface area contributed by atoms with Gasteiger partial charge in [0.2, 0.25) is 5.91 Å². The second-order valence-corrected chi connectivity index (χ2v) is 6.57. The summed E-state index contributed by atoms with van der Waals surface area (Å²) in [7, 11) is 0. The predicted molar refractivity (Wildman–Crippen MR) is 98.7 cm³/mol. The number of alkyl halides is 3. The van der Waals surface area contributed by atoms with Crippen LogP contribution in [0.3, 0.4) is 0 Å². The molecular formula is C20H20F3N3O. The van der Waals surface area contributed by atoms with Gasteiger partial charge < -0.3 is 10.2 Å². The first kappa shape index (κ1) is 18.9. The molecule has 0 radical (unpaired) electrons. The first-order chi connectivity index (χ1) is 12.8. The summed E-state index contributed by atoms with van der Waals surface area (Å²) in [5.41, 5.74) is 2.41. The number of fused-ring (bicyclic) bond motifs is 1. The number of pyridine rings is 1. The average Bonchev–Trinajstić information content (AvgIpc) is 2.64. The van der Waals surface area contributed by atoms with Gasteiger partial charge in [0.25, 0.3) is 0 Å². The quantitative estimate of drug-likeness (QED) is 0.872. The van der Waals surface area contributed by atoms with Crippen molar-refractivity contribution in [3.63, 3.8) is 0 Å². The van der Waals surface area contributed by atoms with Gasteiger partial charge in [-0.2, -0.15) is 13.2 Å². The Bertz CT molecular complexity index is 847. The molecule has 4 nitrogen and oxygen atoms in total. The number of carbonyl (C=O) groups excluding carboxylic acids is 1. The molecule has 0 saturated heterocycles. The van der Waals surface area contributed by atoms with Crippen LogP contribution in [0.15, 0.2) is 43.0 Å². The van der Waals surface area contributed by atoms with Crippen LogP contribution in [0.4, 0.5) is 24.5 Å². The number of anilines is 2. The molecule has 0 aliphatic carbocycles. The summed E-state index contributed by atoms with van der Waals surface area (Å²) in [5.74, 6) is -0.0223. The summed E-state index contributed by atoms with van der Waals surface area (Å²) in [4.78, 5) is 17.8. The molecule has 2 heterocycles. The van der Waals surface area contributed by atoms with Crippen molar-refractivity contribution < 1.29 is 18.0 Å². The average molecular weight is 375 g/mol. The highest BCUT2D eigenvalue weighted by atomic mass is 19.4. The van der Waals surface area contributed by atoms with Crippen LogP contribution >= 0.6 is 0 Å². The first-order valence-corrected chi connectivity index (χ1v) is 8.59. The van der Waals surface area contributed by atoms with E-state index < -0.39 is 11.7 Å². The van der Waals surface area contributed by atoms with Crippen LogP contribution in [0.5, 0.6) is 0 Å². The topological polar surface area (TPSA) is 45.2 Å². The van der Waals surface area contributed by atoms with Crippen LogP contribution in [0.25, 0.3) is 6.08 Å². The van der Waals surface area contributed by atoms with E-state index in [1.54, 1.807) is 6.08 Å². The molecule has 0 bridgehead atoms. The number of hydrogen-bond acceptors (Lipinski definition) is 3. The second-order valence-electron chi connectivity index (χ2n) is 6.57. The normalized spacial score (nSPS) is 16.6. The zero-order chi connectivity index (χ0) is 19.6. The maximum atomic E-state index is 12.8. The Hall–Kier alpha value is -2.83. The fourth-order valence-electron chi connectivity index (χ4n) is 3.21. The van der Waals surface area contributed by atoms with E-state index in [1.165, 1.54) is 19.1 Å². The number of carbonyl (C=O) groups is 1. The molecule has 1 aromatic heterocycles. The third kappa shape index (κ3) is 4.30. The number of hydrogen-bond donors (Lipinski definition) is 1. The van der Waals surface area contributed by atoms with Gasteiger partial charge in [-0.1, -0.05) is 6.58 Å². The Morgan fingerprint density at radius 3 is 2.59 bits per heavy atom. The summed E-state index contributed by atoms with van der Waals surface area (Å²) in [6, 6.07) is 8.84. The third-order valence-electron chi connectivity index (χ3n) is 4.54. The largest absolute Gasteiger partial charge is 0.416 e. The van der Waals surface area contributed by atoms with Crippen molar-refractivity contribution in [3.8, 4) is 0 Å². The highest BCUT2D eigenvalue weighted by Crippen LogP contribution is 2.36. The van der Waals surface area contributed by atoms with Crippen LogP contribution in [0.1, 0.15) is 23.9 Å². The van der Waals surface area contributed by atoms with Gasteiger partial charge in [0.05, 0.1) is 22.6 Å². The zero-order valence-corrected chi connectivity index (χ0v) is 14.9. The molecule has 27 heavy (non-hydrogen) atoms. The number of amides is 1. The second kappa shape index (κ2) is 7.42. The van der Waals surface area contributed by atoms with Crippen LogP contribution < -0.4 is 10.2 Å². The van der Waals surface area contributed by atoms with E-state index in [4.69, 9.17) is 0 Å². The molecule has 0 fully saturated rings. The van der Waals surface area contributed by atoms with E-state index in [-0.39, 0.29) is 11.8 Å². The van der Waals surface area contributed by atoms with Crippen molar-refractivity contribution in [2.24, 2.45) is 5.92 Å². The number of halogens is 3. The van der Waals surface area contributed by atoms with Crippen LogP contribution in [-0.4, -0.2) is 24.0 Å². The Morgan fingerprint density at radius 1 is 1.30 bits per heavy atom. The molecule has 2 aromatic rings. The van der Waals surface area contributed by atoms with Gasteiger partial charge in [-0.05, 0) is 54.8 Å². The number of aromatic nitrogens is 1.